The Bertz CT molecular complexity index is 552. The maximum absolute atomic E-state index is 5.62. The molecule has 0 spiro atoms. The second-order valence-corrected chi connectivity index (χ2v) is 5.35. The van der Waals surface area contributed by atoms with Crippen LogP contribution in [0.5, 0.6) is 0 Å². The van der Waals surface area contributed by atoms with Gasteiger partial charge in [-0.05, 0) is 26.0 Å². The molecule has 5 heteroatoms. The number of rotatable bonds is 3. The minimum Gasteiger partial charge on any atom is -0.378 e. The number of ether oxygens (including phenoxy) is 1. The Morgan fingerprint density at radius 3 is 3.05 bits per heavy atom. The van der Waals surface area contributed by atoms with Gasteiger partial charge in [0.1, 0.15) is 5.82 Å². The molecule has 1 atom stereocenters. The number of nitrogens with zero attached hydrogens (tertiary/aromatic N) is 3. The summed E-state index contributed by atoms with van der Waals surface area (Å²) in [5.41, 5.74) is 2.06. The van der Waals surface area contributed by atoms with Gasteiger partial charge in [0.2, 0.25) is 0 Å². The molecule has 106 valence electrons. The van der Waals surface area contributed by atoms with Crippen molar-refractivity contribution in [2.24, 2.45) is 0 Å². The minimum absolute atomic E-state index is 0.203. The molecule has 0 saturated carbocycles. The largest absolute Gasteiger partial charge is 0.378 e. The molecule has 0 bridgehead atoms. The van der Waals surface area contributed by atoms with Crippen LogP contribution in [0.2, 0.25) is 0 Å². The van der Waals surface area contributed by atoms with Crippen molar-refractivity contribution in [3.8, 4) is 11.3 Å². The molecule has 0 aromatic carbocycles. The van der Waals surface area contributed by atoms with Crippen molar-refractivity contribution in [2.45, 2.75) is 25.9 Å². The van der Waals surface area contributed by atoms with Crippen LogP contribution < -0.4 is 0 Å². The van der Waals surface area contributed by atoms with Crippen molar-refractivity contribution in [1.82, 2.24) is 19.9 Å². The smallest absolute Gasteiger partial charge is 0.126 e. The van der Waals surface area contributed by atoms with Crippen LogP contribution in [-0.2, 0) is 4.74 Å². The van der Waals surface area contributed by atoms with Gasteiger partial charge in [0, 0.05) is 30.5 Å². The van der Waals surface area contributed by atoms with E-state index in [9.17, 15) is 0 Å². The molecule has 1 N–H and O–H groups in total. The molecule has 2 aromatic heterocycles. The summed E-state index contributed by atoms with van der Waals surface area (Å²) in [6.45, 7) is 6.86. The minimum atomic E-state index is 0.203. The number of aromatic amines is 1. The van der Waals surface area contributed by atoms with Gasteiger partial charge in [-0.25, -0.2) is 4.98 Å². The molecule has 20 heavy (non-hydrogen) atoms. The molecular weight excluding hydrogens is 252 g/mol. The Kier molecular flexibility index (Phi) is 3.80. The molecule has 1 saturated heterocycles. The van der Waals surface area contributed by atoms with E-state index in [2.05, 4.69) is 33.7 Å². The van der Waals surface area contributed by atoms with Crippen molar-refractivity contribution in [3.63, 3.8) is 0 Å². The molecule has 3 heterocycles. The highest BCUT2D eigenvalue weighted by molar-refractivity contribution is 5.56. The molecule has 3 rings (SSSR count). The van der Waals surface area contributed by atoms with Crippen molar-refractivity contribution in [2.75, 3.05) is 19.8 Å². The first-order valence-corrected chi connectivity index (χ1v) is 7.04. The highest BCUT2D eigenvalue weighted by atomic mass is 16.5. The van der Waals surface area contributed by atoms with Crippen LogP contribution in [0.1, 0.15) is 25.7 Å². The topological polar surface area (TPSA) is 54.0 Å². The van der Waals surface area contributed by atoms with E-state index >= 15 is 0 Å². The predicted octanol–water partition coefficient (Wildman–Crippen LogP) is 2.25. The van der Waals surface area contributed by atoms with Crippen LogP contribution in [0, 0.1) is 0 Å². The van der Waals surface area contributed by atoms with Crippen LogP contribution in [0.3, 0.4) is 0 Å². The zero-order valence-electron chi connectivity index (χ0n) is 11.9. The highest BCUT2D eigenvalue weighted by Crippen LogP contribution is 2.26. The van der Waals surface area contributed by atoms with Crippen LogP contribution in [-0.4, -0.2) is 45.7 Å². The monoisotopic (exact) mass is 272 g/mol. The van der Waals surface area contributed by atoms with E-state index < -0.39 is 0 Å². The number of imidazole rings is 1. The molecule has 1 fully saturated rings. The maximum atomic E-state index is 5.62. The summed E-state index contributed by atoms with van der Waals surface area (Å²) < 4.78 is 5.62. The van der Waals surface area contributed by atoms with Gasteiger partial charge in [0.15, 0.2) is 0 Å². The third kappa shape index (κ3) is 2.59. The van der Waals surface area contributed by atoms with Crippen LogP contribution in [0.4, 0.5) is 0 Å². The summed E-state index contributed by atoms with van der Waals surface area (Å²) in [5, 5.41) is 0. The second kappa shape index (κ2) is 5.73. The summed E-state index contributed by atoms with van der Waals surface area (Å²) in [5.74, 6) is 0.970. The summed E-state index contributed by atoms with van der Waals surface area (Å²) in [6.07, 6.45) is 5.49. The Balaban J connectivity index is 1.85. The lowest BCUT2D eigenvalue weighted by Crippen LogP contribution is -2.43. The standard InChI is InChI=1S/C15H20N4O/c1-11(2)19-6-7-20-10-14(19)15-17-9-13(18-15)12-4-3-5-16-8-12/h3-5,8-9,11,14H,6-7,10H2,1-2H3,(H,17,18). The van der Waals surface area contributed by atoms with Crippen LogP contribution >= 0.6 is 0 Å². The lowest BCUT2D eigenvalue weighted by atomic mass is 10.1. The average molecular weight is 272 g/mol. The summed E-state index contributed by atoms with van der Waals surface area (Å²) in [4.78, 5) is 14.5. The first-order chi connectivity index (χ1) is 9.75. The Labute approximate surface area is 119 Å². The van der Waals surface area contributed by atoms with Crippen LogP contribution in [0.25, 0.3) is 11.3 Å². The number of hydrogen-bond acceptors (Lipinski definition) is 4. The number of aromatic nitrogens is 3. The van der Waals surface area contributed by atoms with Crippen LogP contribution in [0.15, 0.2) is 30.7 Å². The number of nitrogens with one attached hydrogen (secondary N) is 1. The van der Waals surface area contributed by atoms with E-state index in [1.807, 2.05) is 24.5 Å². The van der Waals surface area contributed by atoms with Crippen molar-refractivity contribution >= 4 is 0 Å². The average Bonchev–Trinajstić information content (AvgIpc) is 2.98. The molecule has 0 aliphatic carbocycles. The van der Waals surface area contributed by atoms with Crippen molar-refractivity contribution in [1.29, 1.82) is 0 Å². The van der Waals surface area contributed by atoms with Gasteiger partial charge in [-0.2, -0.15) is 0 Å². The lowest BCUT2D eigenvalue weighted by Gasteiger charge is -2.37. The third-order valence-electron chi connectivity index (χ3n) is 3.72. The normalized spacial score (nSPS) is 20.4. The molecular formula is C15H20N4O. The van der Waals surface area contributed by atoms with Crippen molar-refractivity contribution < 1.29 is 4.74 Å². The number of H-pyrrole nitrogens is 1. The summed E-state index contributed by atoms with van der Waals surface area (Å²) in [6, 6.07) is 4.65. The van der Waals surface area contributed by atoms with Gasteiger partial charge < -0.3 is 9.72 Å². The molecule has 0 amide bonds. The molecule has 5 nitrogen and oxygen atoms in total. The Hall–Kier alpha value is -1.72. The van der Waals surface area contributed by atoms with Crippen molar-refractivity contribution in [3.05, 3.63) is 36.5 Å². The molecule has 1 unspecified atom stereocenters. The van der Waals surface area contributed by atoms with Gasteiger partial charge >= 0.3 is 0 Å². The number of pyridine rings is 1. The number of morpholine rings is 1. The Morgan fingerprint density at radius 2 is 2.30 bits per heavy atom. The molecule has 2 aromatic rings. The van der Waals surface area contributed by atoms with E-state index in [4.69, 9.17) is 4.74 Å². The van der Waals surface area contributed by atoms with E-state index in [0.717, 1.165) is 30.2 Å². The fourth-order valence-electron chi connectivity index (χ4n) is 2.65. The summed E-state index contributed by atoms with van der Waals surface area (Å²) >= 11 is 0. The number of hydrogen-bond donors (Lipinski definition) is 1. The first-order valence-electron chi connectivity index (χ1n) is 7.04. The molecule has 0 radical (unpaired) electrons. The maximum Gasteiger partial charge on any atom is 0.126 e. The van der Waals surface area contributed by atoms with E-state index in [0.29, 0.717) is 12.6 Å². The predicted molar refractivity (Wildman–Crippen MR) is 77.2 cm³/mol. The SMILES string of the molecule is CC(C)N1CCOCC1c1ncc(-c2cccnc2)[nH]1. The van der Waals surface area contributed by atoms with Gasteiger partial charge in [-0.15, -0.1) is 0 Å². The zero-order chi connectivity index (χ0) is 13.9. The molecule has 1 aliphatic heterocycles. The highest BCUT2D eigenvalue weighted by Gasteiger charge is 2.28. The quantitative estimate of drug-likeness (QED) is 0.931. The first kappa shape index (κ1) is 13.3. The fraction of sp³-hybridized carbons (Fsp3) is 0.467. The third-order valence-corrected chi connectivity index (χ3v) is 3.72. The van der Waals surface area contributed by atoms with Gasteiger partial charge in [0.25, 0.3) is 0 Å². The van der Waals surface area contributed by atoms with E-state index in [1.165, 1.54) is 0 Å². The van der Waals surface area contributed by atoms with Gasteiger partial charge in [-0.1, -0.05) is 0 Å². The fourth-order valence-corrected chi connectivity index (χ4v) is 2.65. The summed E-state index contributed by atoms with van der Waals surface area (Å²) in [7, 11) is 0. The van der Waals surface area contributed by atoms with E-state index in [-0.39, 0.29) is 6.04 Å². The van der Waals surface area contributed by atoms with Gasteiger partial charge in [0.05, 0.1) is 31.1 Å². The second-order valence-electron chi connectivity index (χ2n) is 5.35. The zero-order valence-corrected chi connectivity index (χ0v) is 11.9. The van der Waals surface area contributed by atoms with Gasteiger partial charge in [-0.3, -0.25) is 9.88 Å². The van der Waals surface area contributed by atoms with E-state index in [1.54, 1.807) is 6.20 Å². The Morgan fingerprint density at radius 1 is 1.40 bits per heavy atom. The molecule has 1 aliphatic rings. The lowest BCUT2D eigenvalue weighted by molar-refractivity contribution is -0.0262.